The third kappa shape index (κ3) is 3.33. The molecule has 0 N–H and O–H groups in total. The average Bonchev–Trinajstić information content (AvgIpc) is 3.56. The van der Waals surface area contributed by atoms with Crippen molar-refractivity contribution in [2.75, 3.05) is 16.3 Å². The maximum Gasteiger partial charge on any atom is 0.316 e. The van der Waals surface area contributed by atoms with Crippen molar-refractivity contribution < 1.29 is 23.9 Å². The number of imide groups is 1. The van der Waals surface area contributed by atoms with Crippen molar-refractivity contribution in [1.29, 1.82) is 0 Å². The highest BCUT2D eigenvalue weighted by Crippen LogP contribution is 2.65. The monoisotopic (exact) mass is 510 g/mol. The van der Waals surface area contributed by atoms with Crippen LogP contribution in [0, 0.1) is 62.2 Å². The van der Waals surface area contributed by atoms with E-state index in [0.717, 1.165) is 23.2 Å². The van der Waals surface area contributed by atoms with Gasteiger partial charge >= 0.3 is 5.97 Å². The van der Waals surface area contributed by atoms with Crippen LogP contribution in [0.25, 0.3) is 0 Å². The van der Waals surface area contributed by atoms with E-state index in [1.54, 1.807) is 23.1 Å². The van der Waals surface area contributed by atoms with E-state index in [0.29, 0.717) is 28.8 Å². The molecule has 2 bridgehead atoms. The molecular weight excluding hydrogens is 480 g/mol. The zero-order chi connectivity index (χ0) is 26.5. The van der Waals surface area contributed by atoms with Crippen LogP contribution in [0.3, 0.4) is 0 Å². The Hall–Kier alpha value is -3.74. The van der Waals surface area contributed by atoms with Crippen LogP contribution in [0.4, 0.5) is 11.4 Å². The summed E-state index contributed by atoms with van der Waals surface area (Å²) >= 11 is 0. The molecule has 2 aromatic carbocycles. The van der Waals surface area contributed by atoms with Gasteiger partial charge in [-0.1, -0.05) is 29.8 Å². The summed E-state index contributed by atoms with van der Waals surface area (Å²) in [5.74, 6) is -0.0333. The Morgan fingerprint density at radius 2 is 1.47 bits per heavy atom. The predicted octanol–water partition coefficient (Wildman–Crippen LogP) is 4.13. The molecule has 8 rings (SSSR count). The van der Waals surface area contributed by atoms with E-state index in [2.05, 4.69) is 12.2 Å². The lowest BCUT2D eigenvalue weighted by molar-refractivity contribution is -0.139. The van der Waals surface area contributed by atoms with Gasteiger partial charge in [0.25, 0.3) is 0 Å². The topological polar surface area (TPSA) is 84.0 Å². The number of hydrogen-bond acceptors (Lipinski definition) is 5. The Morgan fingerprint density at radius 1 is 0.842 bits per heavy atom. The Kier molecular flexibility index (Phi) is 5.00. The first-order valence-electron chi connectivity index (χ1n) is 13.5. The van der Waals surface area contributed by atoms with Crippen LogP contribution in [0.5, 0.6) is 5.75 Å². The number of nitrogens with zero attached hydrogens (tertiary/aromatic N) is 2. The lowest BCUT2D eigenvalue weighted by atomic mass is 9.63. The fourth-order valence-corrected chi connectivity index (χ4v) is 7.54. The van der Waals surface area contributed by atoms with Crippen LogP contribution in [-0.2, 0) is 19.2 Å². The second-order valence-electron chi connectivity index (χ2n) is 11.7. The van der Waals surface area contributed by atoms with Gasteiger partial charge in [0.2, 0.25) is 17.7 Å². The lowest BCUT2D eigenvalue weighted by Gasteiger charge is -2.37. The van der Waals surface area contributed by atoms with Crippen LogP contribution >= 0.6 is 0 Å². The Bertz CT molecular complexity index is 1420. The van der Waals surface area contributed by atoms with Crippen molar-refractivity contribution >= 4 is 35.1 Å². The maximum atomic E-state index is 13.5. The van der Waals surface area contributed by atoms with Crippen LogP contribution < -0.4 is 14.5 Å². The molecule has 0 spiro atoms. The minimum absolute atomic E-state index is 0.0981. The number of benzene rings is 2. The van der Waals surface area contributed by atoms with Gasteiger partial charge in [0, 0.05) is 18.7 Å². The number of esters is 1. The van der Waals surface area contributed by atoms with Crippen LogP contribution in [-0.4, -0.2) is 30.2 Å². The number of carbonyl (C=O) groups excluding carboxylic acids is 4. The van der Waals surface area contributed by atoms with Crippen molar-refractivity contribution in [1.82, 2.24) is 0 Å². The molecule has 4 aliphatic carbocycles. The van der Waals surface area contributed by atoms with Crippen molar-refractivity contribution in [2.24, 2.45) is 41.4 Å². The summed E-state index contributed by atoms with van der Waals surface area (Å²) in [5, 5.41) is 0. The van der Waals surface area contributed by atoms with Crippen LogP contribution in [0.2, 0.25) is 0 Å². The zero-order valence-electron chi connectivity index (χ0n) is 21.7. The molecule has 0 aromatic heterocycles. The summed E-state index contributed by atoms with van der Waals surface area (Å²) in [6.45, 7) is 6.05. The highest BCUT2D eigenvalue weighted by Gasteiger charge is 2.67. The fraction of sp³-hybridized carbons (Fsp3) is 0.419. The normalized spacial score (nSPS) is 32.6. The van der Waals surface area contributed by atoms with E-state index in [1.165, 1.54) is 4.90 Å². The van der Waals surface area contributed by atoms with Crippen molar-refractivity contribution in [2.45, 2.75) is 33.6 Å². The number of aryl methyl sites for hydroxylation is 3. The predicted molar refractivity (Wildman–Crippen MR) is 140 cm³/mol. The van der Waals surface area contributed by atoms with Gasteiger partial charge in [-0.15, -0.1) is 0 Å². The molecule has 3 amide bonds. The Morgan fingerprint density at radius 3 is 2.11 bits per heavy atom. The fourth-order valence-electron chi connectivity index (χ4n) is 7.54. The minimum atomic E-state index is -0.567. The quantitative estimate of drug-likeness (QED) is 0.267. The van der Waals surface area contributed by atoms with E-state index < -0.39 is 11.9 Å². The molecule has 6 aliphatic rings. The van der Waals surface area contributed by atoms with E-state index in [9.17, 15) is 19.2 Å². The Labute approximate surface area is 221 Å². The van der Waals surface area contributed by atoms with Crippen molar-refractivity contribution in [3.8, 4) is 5.75 Å². The largest absolute Gasteiger partial charge is 0.426 e. The standard InChI is InChI=1S/C31H30N2O5/c1-15-4-8-24(16(2)10-15)32-14-18(12-26(32)34)31(37)38-19-5-9-25(17(3)11-19)33-29(35)27-20-6-7-21(23-13-22(20)23)28(27)30(33)36/h4-11,18,20-23,27-28H,12-14H2,1-3H3/t18-,20+,21+,22-,23+,27-,28+/m1/s1. The van der Waals surface area contributed by atoms with Crippen LogP contribution in [0.15, 0.2) is 48.6 Å². The highest BCUT2D eigenvalue weighted by molar-refractivity contribution is 6.23. The molecule has 7 atom stereocenters. The average molecular weight is 511 g/mol. The first-order valence-corrected chi connectivity index (χ1v) is 13.5. The molecule has 0 radical (unpaired) electrons. The summed E-state index contributed by atoms with van der Waals surface area (Å²) in [5.41, 5.74) is 4.17. The molecule has 7 nitrogen and oxygen atoms in total. The molecule has 2 heterocycles. The summed E-state index contributed by atoms with van der Waals surface area (Å²) in [7, 11) is 0. The smallest absolute Gasteiger partial charge is 0.316 e. The number of rotatable bonds is 4. The molecule has 0 unspecified atom stereocenters. The lowest BCUT2D eigenvalue weighted by Crippen LogP contribution is -2.40. The van der Waals surface area contributed by atoms with Gasteiger partial charge in [-0.25, -0.2) is 4.90 Å². The van der Waals surface area contributed by atoms with E-state index in [1.807, 2.05) is 39.0 Å². The van der Waals surface area contributed by atoms with E-state index >= 15 is 0 Å². The second kappa shape index (κ2) is 8.13. The van der Waals surface area contributed by atoms with Gasteiger partial charge in [-0.05, 0) is 86.3 Å². The van der Waals surface area contributed by atoms with Gasteiger partial charge in [-0.2, -0.15) is 0 Å². The third-order valence-corrected chi connectivity index (χ3v) is 9.39. The SMILES string of the molecule is Cc1ccc(N2C[C@H](C(=O)Oc3ccc(N4C(=O)[C@@H]5[C@H]6C=C[C@@H]([C@@H]7C[C@H]67)[C@@H]5C4=O)c(C)c3)CC2=O)c(C)c1. The van der Waals surface area contributed by atoms with Crippen molar-refractivity contribution in [3.63, 3.8) is 0 Å². The molecule has 2 saturated carbocycles. The van der Waals surface area contributed by atoms with Crippen molar-refractivity contribution in [3.05, 3.63) is 65.2 Å². The number of amides is 3. The molecule has 38 heavy (non-hydrogen) atoms. The number of anilines is 2. The van der Waals surface area contributed by atoms with E-state index in [4.69, 9.17) is 4.74 Å². The van der Waals surface area contributed by atoms with Gasteiger partial charge < -0.3 is 9.64 Å². The van der Waals surface area contributed by atoms with Gasteiger partial charge in [-0.3, -0.25) is 19.2 Å². The second-order valence-corrected chi connectivity index (χ2v) is 11.7. The summed E-state index contributed by atoms with van der Waals surface area (Å²) in [4.78, 5) is 55.7. The van der Waals surface area contributed by atoms with Gasteiger partial charge in [0.1, 0.15) is 5.75 Å². The summed E-state index contributed by atoms with van der Waals surface area (Å²) < 4.78 is 5.67. The molecular formula is C31H30N2O5. The highest BCUT2D eigenvalue weighted by atomic mass is 16.5. The molecule has 2 saturated heterocycles. The summed E-state index contributed by atoms with van der Waals surface area (Å²) in [6, 6.07) is 10.9. The number of carbonyl (C=O) groups is 4. The number of hydrogen-bond donors (Lipinski definition) is 0. The molecule has 7 heteroatoms. The number of allylic oxidation sites excluding steroid dienone is 2. The Balaban J connectivity index is 1.06. The van der Waals surface area contributed by atoms with Crippen LogP contribution in [0.1, 0.15) is 29.5 Å². The third-order valence-electron chi connectivity index (χ3n) is 9.39. The number of ether oxygens (including phenoxy) is 1. The first kappa shape index (κ1) is 23.4. The molecule has 2 aromatic rings. The minimum Gasteiger partial charge on any atom is -0.426 e. The molecule has 4 fully saturated rings. The maximum absolute atomic E-state index is 13.5. The van der Waals surface area contributed by atoms with E-state index in [-0.39, 0.29) is 54.4 Å². The summed E-state index contributed by atoms with van der Waals surface area (Å²) in [6.07, 6.45) is 5.56. The molecule has 2 aliphatic heterocycles. The van der Waals surface area contributed by atoms with Gasteiger partial charge in [0.05, 0.1) is 23.4 Å². The van der Waals surface area contributed by atoms with Gasteiger partial charge in [0.15, 0.2) is 0 Å². The zero-order valence-corrected chi connectivity index (χ0v) is 21.7. The molecule has 194 valence electrons. The first-order chi connectivity index (χ1) is 18.2.